The Morgan fingerprint density at radius 1 is 1.62 bits per heavy atom. The zero-order valence-corrected chi connectivity index (χ0v) is 10.6. The molecule has 2 heterocycles. The Balaban J connectivity index is 2.30. The summed E-state index contributed by atoms with van der Waals surface area (Å²) in [6.07, 6.45) is 0.407. The molecule has 4 nitrogen and oxygen atoms in total. The van der Waals surface area contributed by atoms with Crippen LogP contribution >= 0.6 is 15.9 Å². The summed E-state index contributed by atoms with van der Waals surface area (Å²) in [7, 11) is 0. The number of halogens is 1. The summed E-state index contributed by atoms with van der Waals surface area (Å²) in [5, 5.41) is 9.06. The zero-order chi connectivity index (χ0) is 11.7. The highest BCUT2D eigenvalue weighted by Crippen LogP contribution is 2.27. The van der Waals surface area contributed by atoms with Gasteiger partial charge in [-0.05, 0) is 34.5 Å². The molecule has 1 aromatic heterocycles. The van der Waals surface area contributed by atoms with Gasteiger partial charge in [-0.2, -0.15) is 0 Å². The van der Waals surface area contributed by atoms with Crippen LogP contribution in [0.4, 0.5) is 5.82 Å². The average molecular weight is 285 g/mol. The maximum absolute atomic E-state index is 11.8. The van der Waals surface area contributed by atoms with Gasteiger partial charge in [0.1, 0.15) is 10.4 Å². The number of carbonyl (C=O) groups excluding carboxylic acids is 1. The van der Waals surface area contributed by atoms with Crippen LogP contribution in [0.25, 0.3) is 0 Å². The number of aromatic nitrogens is 1. The van der Waals surface area contributed by atoms with Gasteiger partial charge in [-0.25, -0.2) is 4.98 Å². The molecule has 5 heteroatoms. The maximum Gasteiger partial charge on any atom is 0.228 e. The molecule has 0 aliphatic carbocycles. The van der Waals surface area contributed by atoms with Crippen molar-refractivity contribution in [3.05, 3.63) is 22.3 Å². The number of anilines is 1. The van der Waals surface area contributed by atoms with Gasteiger partial charge in [0.15, 0.2) is 0 Å². The second-order valence-electron chi connectivity index (χ2n) is 4.03. The van der Waals surface area contributed by atoms with Gasteiger partial charge >= 0.3 is 0 Å². The molecule has 1 amide bonds. The number of nitrogens with zero attached hydrogens (tertiary/aromatic N) is 2. The number of hydrogen-bond donors (Lipinski definition) is 1. The molecule has 0 spiro atoms. The van der Waals surface area contributed by atoms with E-state index in [1.54, 1.807) is 4.90 Å². The number of hydrogen-bond acceptors (Lipinski definition) is 3. The largest absolute Gasteiger partial charge is 0.396 e. The molecule has 1 fully saturated rings. The minimum absolute atomic E-state index is 0.0349. The van der Waals surface area contributed by atoms with Crippen molar-refractivity contribution in [2.45, 2.75) is 13.3 Å². The van der Waals surface area contributed by atoms with E-state index in [9.17, 15) is 4.79 Å². The van der Waals surface area contributed by atoms with E-state index in [0.29, 0.717) is 23.4 Å². The van der Waals surface area contributed by atoms with E-state index in [0.717, 1.165) is 5.56 Å². The van der Waals surface area contributed by atoms with Gasteiger partial charge in [0, 0.05) is 25.5 Å². The number of aryl methyl sites for hydroxylation is 1. The fourth-order valence-corrected chi connectivity index (χ4v) is 2.18. The maximum atomic E-state index is 11.8. The van der Waals surface area contributed by atoms with Crippen LogP contribution < -0.4 is 4.90 Å². The highest BCUT2D eigenvalue weighted by atomic mass is 79.9. The summed E-state index contributed by atoms with van der Waals surface area (Å²) in [4.78, 5) is 17.7. The third kappa shape index (κ3) is 2.10. The van der Waals surface area contributed by atoms with Crippen LogP contribution in [0.15, 0.2) is 16.7 Å². The van der Waals surface area contributed by atoms with Crippen LogP contribution in [-0.2, 0) is 4.79 Å². The summed E-state index contributed by atoms with van der Waals surface area (Å²) in [5.41, 5.74) is 0.968. The van der Waals surface area contributed by atoms with Crippen molar-refractivity contribution >= 4 is 27.7 Å². The highest BCUT2D eigenvalue weighted by Gasteiger charge is 2.31. The molecule has 0 saturated carbocycles. The first-order valence-electron chi connectivity index (χ1n) is 5.16. The molecule has 2 rings (SSSR count). The quantitative estimate of drug-likeness (QED) is 0.838. The second kappa shape index (κ2) is 4.51. The number of aliphatic hydroxyl groups is 1. The molecule has 1 aliphatic heterocycles. The van der Waals surface area contributed by atoms with Gasteiger partial charge in [0.05, 0.1) is 0 Å². The standard InChI is InChI=1S/C11H13BrN2O2/c1-7-2-3-9(12)13-11(7)14-5-8(6-15)4-10(14)16/h2-3,8,15H,4-6H2,1H3. The lowest BCUT2D eigenvalue weighted by molar-refractivity contribution is -0.117. The van der Waals surface area contributed by atoms with Crippen molar-refractivity contribution in [1.29, 1.82) is 0 Å². The first kappa shape index (κ1) is 11.5. The predicted octanol–water partition coefficient (Wildman–Crippen LogP) is 1.50. The summed E-state index contributed by atoms with van der Waals surface area (Å²) in [6, 6.07) is 3.77. The molecular formula is C11H13BrN2O2. The molecule has 86 valence electrons. The first-order chi connectivity index (χ1) is 7.61. The van der Waals surface area contributed by atoms with E-state index in [1.165, 1.54) is 0 Å². The number of aliphatic hydroxyl groups excluding tert-OH is 1. The van der Waals surface area contributed by atoms with E-state index in [1.807, 2.05) is 19.1 Å². The van der Waals surface area contributed by atoms with Gasteiger partial charge in [-0.15, -0.1) is 0 Å². The Morgan fingerprint density at radius 3 is 3.00 bits per heavy atom. The first-order valence-corrected chi connectivity index (χ1v) is 5.95. The summed E-state index contributed by atoms with van der Waals surface area (Å²) < 4.78 is 0.716. The molecule has 1 atom stereocenters. The normalized spacial score (nSPS) is 20.6. The van der Waals surface area contributed by atoms with Crippen LogP contribution in [0.3, 0.4) is 0 Å². The van der Waals surface area contributed by atoms with E-state index < -0.39 is 0 Å². The van der Waals surface area contributed by atoms with Gasteiger partial charge in [0.25, 0.3) is 0 Å². The van der Waals surface area contributed by atoms with Crippen LogP contribution in [0.1, 0.15) is 12.0 Å². The van der Waals surface area contributed by atoms with Crippen molar-refractivity contribution in [2.24, 2.45) is 5.92 Å². The molecule has 1 aliphatic rings. The molecular weight excluding hydrogens is 272 g/mol. The lowest BCUT2D eigenvalue weighted by atomic mass is 10.1. The van der Waals surface area contributed by atoms with Crippen molar-refractivity contribution < 1.29 is 9.90 Å². The Morgan fingerprint density at radius 2 is 2.38 bits per heavy atom. The predicted molar refractivity (Wildman–Crippen MR) is 64.2 cm³/mol. The Hall–Kier alpha value is -0.940. The minimum Gasteiger partial charge on any atom is -0.396 e. The van der Waals surface area contributed by atoms with Gasteiger partial charge < -0.3 is 5.11 Å². The minimum atomic E-state index is 0.0349. The van der Waals surface area contributed by atoms with Crippen LogP contribution in [0, 0.1) is 12.8 Å². The Labute approximate surface area is 102 Å². The van der Waals surface area contributed by atoms with Gasteiger partial charge in [0.2, 0.25) is 5.91 Å². The van der Waals surface area contributed by atoms with Crippen LogP contribution in [0.2, 0.25) is 0 Å². The molecule has 0 radical (unpaired) electrons. The number of pyridine rings is 1. The van der Waals surface area contributed by atoms with Crippen molar-refractivity contribution in [1.82, 2.24) is 4.98 Å². The Kier molecular flexibility index (Phi) is 3.25. The molecule has 1 saturated heterocycles. The lowest BCUT2D eigenvalue weighted by Crippen LogP contribution is -2.26. The third-order valence-corrected chi connectivity index (χ3v) is 3.20. The van der Waals surface area contributed by atoms with Crippen LogP contribution in [0.5, 0.6) is 0 Å². The Bertz CT molecular complexity index is 422. The summed E-state index contributed by atoms with van der Waals surface area (Å²) in [6.45, 7) is 2.53. The van der Waals surface area contributed by atoms with E-state index in [4.69, 9.17) is 5.11 Å². The molecule has 1 N–H and O–H groups in total. The topological polar surface area (TPSA) is 53.4 Å². The molecule has 1 aromatic rings. The zero-order valence-electron chi connectivity index (χ0n) is 8.98. The monoisotopic (exact) mass is 284 g/mol. The van der Waals surface area contributed by atoms with E-state index >= 15 is 0 Å². The molecule has 0 bridgehead atoms. The van der Waals surface area contributed by atoms with Crippen LogP contribution in [-0.4, -0.2) is 29.1 Å². The SMILES string of the molecule is Cc1ccc(Br)nc1N1CC(CO)CC1=O. The van der Waals surface area contributed by atoms with Crippen molar-refractivity contribution in [3.63, 3.8) is 0 Å². The summed E-state index contributed by atoms with van der Waals surface area (Å²) >= 11 is 3.30. The third-order valence-electron chi connectivity index (χ3n) is 2.76. The molecule has 1 unspecified atom stereocenters. The number of amides is 1. The van der Waals surface area contributed by atoms with Crippen molar-refractivity contribution in [2.75, 3.05) is 18.1 Å². The lowest BCUT2D eigenvalue weighted by Gasteiger charge is -2.17. The highest BCUT2D eigenvalue weighted by molar-refractivity contribution is 9.10. The van der Waals surface area contributed by atoms with E-state index in [-0.39, 0.29) is 18.4 Å². The smallest absolute Gasteiger partial charge is 0.228 e. The molecule has 0 aromatic carbocycles. The summed E-state index contributed by atoms with van der Waals surface area (Å²) in [5.74, 6) is 0.760. The van der Waals surface area contributed by atoms with Gasteiger partial charge in [-0.1, -0.05) is 6.07 Å². The average Bonchev–Trinajstić information content (AvgIpc) is 2.63. The fourth-order valence-electron chi connectivity index (χ4n) is 1.88. The fraction of sp³-hybridized carbons (Fsp3) is 0.455. The molecule has 16 heavy (non-hydrogen) atoms. The van der Waals surface area contributed by atoms with Crippen molar-refractivity contribution in [3.8, 4) is 0 Å². The number of carbonyl (C=O) groups is 1. The van der Waals surface area contributed by atoms with Gasteiger partial charge in [-0.3, -0.25) is 9.69 Å². The number of rotatable bonds is 2. The second-order valence-corrected chi connectivity index (χ2v) is 4.84. The van der Waals surface area contributed by atoms with E-state index in [2.05, 4.69) is 20.9 Å².